The first-order valence-corrected chi connectivity index (χ1v) is 13.9. The van der Waals surface area contributed by atoms with Crippen molar-refractivity contribution in [2.75, 3.05) is 24.5 Å². The van der Waals surface area contributed by atoms with Crippen LogP contribution < -0.4 is 4.90 Å². The number of carbonyl (C=O) groups is 2. The normalized spacial score (nSPS) is 18.4. The van der Waals surface area contributed by atoms with Gasteiger partial charge in [-0.05, 0) is 42.7 Å². The first kappa shape index (κ1) is 25.8. The van der Waals surface area contributed by atoms with Gasteiger partial charge in [0.25, 0.3) is 5.91 Å². The molecular weight excluding hydrogens is 534 g/mol. The van der Waals surface area contributed by atoms with Gasteiger partial charge in [0.2, 0.25) is 5.82 Å². The van der Waals surface area contributed by atoms with Crippen molar-refractivity contribution in [1.29, 1.82) is 0 Å². The van der Waals surface area contributed by atoms with Gasteiger partial charge in [-0.2, -0.15) is 0 Å². The Hall–Kier alpha value is -5.13. The first-order valence-electron chi connectivity index (χ1n) is 13.9. The quantitative estimate of drug-likeness (QED) is 0.342. The van der Waals surface area contributed by atoms with Gasteiger partial charge in [0.05, 0.1) is 18.4 Å². The summed E-state index contributed by atoms with van der Waals surface area (Å²) in [6, 6.07) is 17.5. The number of amides is 1. The molecule has 1 atom stereocenters. The fourth-order valence-corrected chi connectivity index (χ4v) is 5.99. The molecule has 1 amide bonds. The van der Waals surface area contributed by atoms with E-state index < -0.39 is 5.97 Å². The van der Waals surface area contributed by atoms with E-state index in [1.54, 1.807) is 21.5 Å². The number of hydrogen-bond donors (Lipinski definition) is 1. The number of rotatable bonds is 5. The molecular formula is C30H29N9O3. The van der Waals surface area contributed by atoms with Crippen LogP contribution in [0.15, 0.2) is 60.8 Å². The summed E-state index contributed by atoms with van der Waals surface area (Å²) in [6.07, 6.45) is 3.01. The third-order valence-electron chi connectivity index (χ3n) is 8.34. The molecule has 2 aliphatic rings. The molecule has 0 aliphatic carbocycles. The maximum atomic E-state index is 13.5. The number of carboxylic acid groups (broad SMARTS) is 1. The maximum Gasteiger partial charge on any atom is 0.354 e. The summed E-state index contributed by atoms with van der Waals surface area (Å²) in [5.41, 5.74) is 4.42. The monoisotopic (exact) mass is 563 g/mol. The molecule has 6 heterocycles. The molecule has 1 saturated heterocycles. The van der Waals surface area contributed by atoms with Gasteiger partial charge in [-0.15, -0.1) is 15.3 Å². The molecule has 1 fully saturated rings. The Morgan fingerprint density at radius 1 is 0.976 bits per heavy atom. The SMILES string of the molecule is Cc1cc(N2CC[C@](C)(c3ccccc3)C2)cn2nc(C(=O)N3CCn4c(nnc4-c4cccc(C(=O)O)n4)C3)nc12. The Kier molecular flexibility index (Phi) is 5.99. The average molecular weight is 564 g/mol. The van der Waals surface area contributed by atoms with Crippen LogP contribution in [-0.4, -0.2) is 75.9 Å². The second kappa shape index (κ2) is 9.75. The van der Waals surface area contributed by atoms with E-state index in [4.69, 9.17) is 0 Å². The molecule has 5 aromatic rings. The van der Waals surface area contributed by atoms with Crippen LogP contribution in [0, 0.1) is 6.92 Å². The van der Waals surface area contributed by atoms with Crippen LogP contribution in [0.3, 0.4) is 0 Å². The van der Waals surface area contributed by atoms with E-state index in [0.29, 0.717) is 36.1 Å². The zero-order valence-corrected chi connectivity index (χ0v) is 23.3. The predicted molar refractivity (Wildman–Crippen MR) is 153 cm³/mol. The number of nitrogens with zero attached hydrogens (tertiary/aromatic N) is 9. The van der Waals surface area contributed by atoms with Crippen molar-refractivity contribution in [2.45, 2.75) is 38.8 Å². The van der Waals surface area contributed by atoms with E-state index >= 15 is 0 Å². The number of aromatic carboxylic acids is 1. The second-order valence-corrected chi connectivity index (χ2v) is 11.2. The Bertz CT molecular complexity index is 1850. The fraction of sp³-hybridized carbons (Fsp3) is 0.300. The van der Waals surface area contributed by atoms with Crippen molar-refractivity contribution in [3.8, 4) is 11.5 Å². The highest BCUT2D eigenvalue weighted by Crippen LogP contribution is 2.36. The van der Waals surface area contributed by atoms with Gasteiger partial charge in [-0.25, -0.2) is 19.3 Å². The molecule has 0 spiro atoms. The van der Waals surface area contributed by atoms with Gasteiger partial charge in [0.15, 0.2) is 17.3 Å². The lowest BCUT2D eigenvalue weighted by atomic mass is 9.82. The van der Waals surface area contributed by atoms with E-state index in [0.717, 1.165) is 30.8 Å². The van der Waals surface area contributed by atoms with Gasteiger partial charge < -0.3 is 19.5 Å². The highest BCUT2D eigenvalue weighted by atomic mass is 16.4. The van der Waals surface area contributed by atoms with Crippen molar-refractivity contribution in [2.24, 2.45) is 0 Å². The smallest absolute Gasteiger partial charge is 0.354 e. The van der Waals surface area contributed by atoms with Crippen LogP contribution >= 0.6 is 0 Å². The summed E-state index contributed by atoms with van der Waals surface area (Å²) in [6.45, 7) is 7.21. The predicted octanol–water partition coefficient (Wildman–Crippen LogP) is 3.21. The number of carboxylic acids is 1. The third-order valence-corrected chi connectivity index (χ3v) is 8.34. The van der Waals surface area contributed by atoms with Gasteiger partial charge in [-0.1, -0.05) is 43.3 Å². The Morgan fingerprint density at radius 3 is 2.62 bits per heavy atom. The number of carbonyl (C=O) groups excluding carboxylic acids is 1. The minimum Gasteiger partial charge on any atom is -0.477 e. The lowest BCUT2D eigenvalue weighted by Crippen LogP contribution is -2.39. The van der Waals surface area contributed by atoms with E-state index in [1.165, 1.54) is 11.6 Å². The number of benzene rings is 1. The number of aryl methyl sites for hydroxylation is 1. The summed E-state index contributed by atoms with van der Waals surface area (Å²) >= 11 is 0. The van der Waals surface area contributed by atoms with Crippen LogP contribution in [0.1, 0.15) is 51.4 Å². The molecule has 212 valence electrons. The van der Waals surface area contributed by atoms with Gasteiger partial charge >= 0.3 is 5.97 Å². The van der Waals surface area contributed by atoms with Gasteiger partial charge in [-0.3, -0.25) is 4.79 Å². The zero-order valence-electron chi connectivity index (χ0n) is 23.3. The molecule has 4 aromatic heterocycles. The molecule has 12 nitrogen and oxygen atoms in total. The standard InChI is InChI=1S/C30H29N9O3/c1-19-15-21(37-12-11-30(2,18-37)20-7-4-3-5-8-20)16-39-26(19)32-25(35-39)28(40)36-13-14-38-24(17-36)33-34-27(38)22-9-6-10-23(31-22)29(41)42/h3-10,15-16H,11-14,17-18H2,1-2H3,(H,41,42)/t30-/m0/s1. The minimum absolute atomic E-state index is 0.0659. The third kappa shape index (κ3) is 4.35. The molecule has 0 bridgehead atoms. The fourth-order valence-electron chi connectivity index (χ4n) is 5.99. The number of hydrogen-bond acceptors (Lipinski definition) is 8. The lowest BCUT2D eigenvalue weighted by Gasteiger charge is -2.26. The molecule has 0 unspecified atom stereocenters. The minimum atomic E-state index is -1.11. The van der Waals surface area contributed by atoms with Crippen molar-refractivity contribution in [1.82, 2.24) is 39.2 Å². The van der Waals surface area contributed by atoms with Crippen LogP contribution in [0.2, 0.25) is 0 Å². The van der Waals surface area contributed by atoms with Crippen LogP contribution in [-0.2, 0) is 18.5 Å². The molecule has 2 aliphatic heterocycles. The summed E-state index contributed by atoms with van der Waals surface area (Å²) in [5, 5.41) is 22.4. The molecule has 1 aromatic carbocycles. The molecule has 0 saturated carbocycles. The summed E-state index contributed by atoms with van der Waals surface area (Å²) in [7, 11) is 0. The van der Waals surface area contributed by atoms with E-state index in [-0.39, 0.29) is 29.4 Å². The van der Waals surface area contributed by atoms with Gasteiger partial charge in [0, 0.05) is 31.6 Å². The van der Waals surface area contributed by atoms with Gasteiger partial charge in [0.1, 0.15) is 11.4 Å². The zero-order chi connectivity index (χ0) is 29.0. The van der Waals surface area contributed by atoms with E-state index in [2.05, 4.69) is 67.4 Å². The molecule has 42 heavy (non-hydrogen) atoms. The second-order valence-electron chi connectivity index (χ2n) is 11.2. The Morgan fingerprint density at radius 2 is 1.81 bits per heavy atom. The molecule has 12 heteroatoms. The highest BCUT2D eigenvalue weighted by molar-refractivity contribution is 5.91. The van der Waals surface area contributed by atoms with Crippen LogP contribution in [0.25, 0.3) is 17.2 Å². The largest absolute Gasteiger partial charge is 0.477 e. The number of pyridine rings is 2. The Balaban J connectivity index is 1.11. The summed E-state index contributed by atoms with van der Waals surface area (Å²) < 4.78 is 3.58. The first-order chi connectivity index (χ1) is 20.3. The van der Waals surface area contributed by atoms with Crippen molar-refractivity contribution in [3.63, 3.8) is 0 Å². The number of aromatic nitrogens is 7. The van der Waals surface area contributed by atoms with E-state index in [9.17, 15) is 14.7 Å². The summed E-state index contributed by atoms with van der Waals surface area (Å²) in [4.78, 5) is 37.7. The topological polar surface area (TPSA) is 135 Å². The van der Waals surface area contributed by atoms with Crippen molar-refractivity contribution >= 4 is 23.2 Å². The molecule has 0 radical (unpaired) electrons. The number of anilines is 1. The Labute approximate surface area is 241 Å². The van der Waals surface area contributed by atoms with Crippen LogP contribution in [0.4, 0.5) is 5.69 Å². The van der Waals surface area contributed by atoms with E-state index in [1.807, 2.05) is 23.8 Å². The average Bonchev–Trinajstić information content (AvgIpc) is 3.74. The number of fused-ring (bicyclic) bond motifs is 2. The maximum absolute atomic E-state index is 13.5. The molecule has 1 N–H and O–H groups in total. The lowest BCUT2D eigenvalue weighted by molar-refractivity contribution is 0.0683. The van der Waals surface area contributed by atoms with Crippen LogP contribution in [0.5, 0.6) is 0 Å². The van der Waals surface area contributed by atoms with Crippen molar-refractivity contribution in [3.05, 3.63) is 89.3 Å². The highest BCUT2D eigenvalue weighted by Gasteiger charge is 2.36. The molecule has 7 rings (SSSR count). The summed E-state index contributed by atoms with van der Waals surface area (Å²) in [5.74, 6) is -0.196. The van der Waals surface area contributed by atoms with Crippen molar-refractivity contribution < 1.29 is 14.7 Å².